The van der Waals surface area contributed by atoms with E-state index in [4.69, 9.17) is 4.74 Å². The molecule has 0 heterocycles. The molecule has 21 heavy (non-hydrogen) atoms. The Kier molecular flexibility index (Phi) is 12.0. The fourth-order valence-electron chi connectivity index (χ4n) is 2.12. The average molecular weight is 290 g/mol. The molecule has 2 unspecified atom stereocenters. The summed E-state index contributed by atoms with van der Waals surface area (Å²) in [6.07, 6.45) is 15.4. The monoisotopic (exact) mass is 290 g/mol. The lowest BCUT2D eigenvalue weighted by molar-refractivity contribution is 0.0209. The molecule has 0 aliphatic carbocycles. The second-order valence-electron chi connectivity index (χ2n) is 5.72. The zero-order chi connectivity index (χ0) is 16.1. The van der Waals surface area contributed by atoms with E-state index in [2.05, 4.69) is 65.2 Å². The SMILES string of the molecule is C=C(C)C(CC/C=C\CC)OC(CC/C=C\CC)C(=C)C. The normalized spacial score (nSPS) is 14.7. The molecule has 0 bridgehead atoms. The van der Waals surface area contributed by atoms with Crippen LogP contribution in [0.25, 0.3) is 0 Å². The Morgan fingerprint density at radius 1 is 0.810 bits per heavy atom. The molecule has 0 rings (SSSR count). The van der Waals surface area contributed by atoms with E-state index in [9.17, 15) is 0 Å². The maximum absolute atomic E-state index is 6.27. The van der Waals surface area contributed by atoms with Crippen molar-refractivity contribution in [3.63, 3.8) is 0 Å². The fraction of sp³-hybridized carbons (Fsp3) is 0.600. The van der Waals surface area contributed by atoms with Crippen molar-refractivity contribution in [2.45, 2.75) is 78.4 Å². The summed E-state index contributed by atoms with van der Waals surface area (Å²) in [5, 5.41) is 0. The number of hydrogen-bond acceptors (Lipinski definition) is 1. The first-order valence-corrected chi connectivity index (χ1v) is 8.29. The van der Waals surface area contributed by atoms with E-state index in [0.717, 1.165) is 49.7 Å². The molecule has 0 aromatic heterocycles. The third-order valence-corrected chi connectivity index (χ3v) is 3.42. The summed E-state index contributed by atoms with van der Waals surface area (Å²) in [7, 11) is 0. The maximum atomic E-state index is 6.27. The molecule has 0 aromatic rings. The molecule has 0 fully saturated rings. The topological polar surface area (TPSA) is 9.23 Å². The molecule has 0 amide bonds. The minimum Gasteiger partial charge on any atom is -0.366 e. The van der Waals surface area contributed by atoms with Gasteiger partial charge in [-0.15, -0.1) is 0 Å². The summed E-state index contributed by atoms with van der Waals surface area (Å²) in [5.74, 6) is 0. The van der Waals surface area contributed by atoms with Gasteiger partial charge in [0.25, 0.3) is 0 Å². The van der Waals surface area contributed by atoms with Crippen molar-refractivity contribution < 1.29 is 4.74 Å². The van der Waals surface area contributed by atoms with Gasteiger partial charge in [-0.05, 0) is 52.4 Å². The molecule has 120 valence electrons. The number of rotatable bonds is 12. The Labute approximate surface area is 132 Å². The van der Waals surface area contributed by atoms with Crippen LogP contribution in [0.1, 0.15) is 66.2 Å². The third-order valence-electron chi connectivity index (χ3n) is 3.42. The van der Waals surface area contributed by atoms with Crippen molar-refractivity contribution in [2.75, 3.05) is 0 Å². The molecule has 0 N–H and O–H groups in total. The van der Waals surface area contributed by atoms with Crippen LogP contribution in [-0.4, -0.2) is 12.2 Å². The Morgan fingerprint density at radius 3 is 1.48 bits per heavy atom. The van der Waals surface area contributed by atoms with Crippen molar-refractivity contribution in [2.24, 2.45) is 0 Å². The summed E-state index contributed by atoms with van der Waals surface area (Å²) in [5.41, 5.74) is 2.21. The first kappa shape index (κ1) is 19.9. The van der Waals surface area contributed by atoms with Gasteiger partial charge in [0.2, 0.25) is 0 Å². The molecule has 0 aliphatic heterocycles. The predicted octanol–water partition coefficient (Wildman–Crippen LogP) is 6.39. The van der Waals surface area contributed by atoms with Crippen LogP contribution in [0.4, 0.5) is 0 Å². The first-order valence-electron chi connectivity index (χ1n) is 8.29. The summed E-state index contributed by atoms with van der Waals surface area (Å²) in [4.78, 5) is 0. The standard InChI is InChI=1S/C20H34O/c1-7-9-11-13-15-19(17(3)4)21-20(18(5)6)16-14-12-10-8-2/h9-12,19-20H,3,5,7-8,13-16H2,1-2,4,6H3/b11-9-,12-10-. The second kappa shape index (κ2) is 12.6. The fourth-order valence-corrected chi connectivity index (χ4v) is 2.12. The van der Waals surface area contributed by atoms with Crippen molar-refractivity contribution in [1.82, 2.24) is 0 Å². The van der Waals surface area contributed by atoms with Crippen LogP contribution in [0, 0.1) is 0 Å². The van der Waals surface area contributed by atoms with Crippen LogP contribution in [0.5, 0.6) is 0 Å². The number of allylic oxidation sites excluding steroid dienone is 4. The van der Waals surface area contributed by atoms with Crippen LogP contribution in [-0.2, 0) is 4.74 Å². The van der Waals surface area contributed by atoms with E-state index in [-0.39, 0.29) is 12.2 Å². The smallest absolute Gasteiger partial charge is 0.0790 e. The highest BCUT2D eigenvalue weighted by atomic mass is 16.5. The second-order valence-corrected chi connectivity index (χ2v) is 5.72. The van der Waals surface area contributed by atoms with Crippen LogP contribution >= 0.6 is 0 Å². The van der Waals surface area contributed by atoms with Crippen molar-refractivity contribution in [3.8, 4) is 0 Å². The number of hydrogen-bond donors (Lipinski definition) is 0. The molecule has 1 heteroatoms. The minimum absolute atomic E-state index is 0.128. The van der Waals surface area contributed by atoms with Gasteiger partial charge in [0.05, 0.1) is 12.2 Å². The zero-order valence-electron chi connectivity index (χ0n) is 14.5. The Morgan fingerprint density at radius 2 is 1.19 bits per heavy atom. The van der Waals surface area contributed by atoms with Crippen LogP contribution in [0.3, 0.4) is 0 Å². The summed E-state index contributed by atoms with van der Waals surface area (Å²) in [6.45, 7) is 16.6. The molecule has 2 atom stereocenters. The van der Waals surface area contributed by atoms with Crippen LogP contribution < -0.4 is 0 Å². The van der Waals surface area contributed by atoms with Gasteiger partial charge in [-0.2, -0.15) is 0 Å². The first-order chi connectivity index (χ1) is 10.0. The van der Waals surface area contributed by atoms with Gasteiger partial charge >= 0.3 is 0 Å². The van der Waals surface area contributed by atoms with E-state index in [1.165, 1.54) is 0 Å². The van der Waals surface area contributed by atoms with Gasteiger partial charge < -0.3 is 4.74 Å². The van der Waals surface area contributed by atoms with Crippen molar-refractivity contribution in [1.29, 1.82) is 0 Å². The molecule has 0 spiro atoms. The van der Waals surface area contributed by atoms with E-state index in [1.807, 2.05) is 0 Å². The molecular weight excluding hydrogens is 256 g/mol. The Balaban J connectivity index is 4.45. The van der Waals surface area contributed by atoms with E-state index >= 15 is 0 Å². The largest absolute Gasteiger partial charge is 0.366 e. The van der Waals surface area contributed by atoms with Gasteiger partial charge in [0, 0.05) is 0 Å². The Hall–Kier alpha value is -1.08. The summed E-state index contributed by atoms with van der Waals surface area (Å²) >= 11 is 0. The molecule has 0 saturated carbocycles. The Bertz CT molecular complexity index is 315. The lowest BCUT2D eigenvalue weighted by Crippen LogP contribution is -2.23. The lowest BCUT2D eigenvalue weighted by atomic mass is 10.0. The van der Waals surface area contributed by atoms with Gasteiger partial charge in [0.15, 0.2) is 0 Å². The summed E-state index contributed by atoms with van der Waals surface area (Å²) < 4.78 is 6.27. The number of ether oxygens (including phenoxy) is 1. The highest BCUT2D eigenvalue weighted by Gasteiger charge is 2.17. The molecule has 0 radical (unpaired) electrons. The molecule has 1 nitrogen and oxygen atoms in total. The lowest BCUT2D eigenvalue weighted by Gasteiger charge is -2.25. The highest BCUT2D eigenvalue weighted by molar-refractivity contribution is 5.04. The van der Waals surface area contributed by atoms with Gasteiger partial charge in [0.1, 0.15) is 0 Å². The molecule has 0 saturated heterocycles. The average Bonchev–Trinajstić information content (AvgIpc) is 2.44. The molecular formula is C20H34O. The van der Waals surface area contributed by atoms with Crippen molar-refractivity contribution in [3.05, 3.63) is 48.6 Å². The summed E-state index contributed by atoms with van der Waals surface area (Å²) in [6, 6.07) is 0. The van der Waals surface area contributed by atoms with E-state index < -0.39 is 0 Å². The minimum atomic E-state index is 0.128. The van der Waals surface area contributed by atoms with Gasteiger partial charge in [-0.25, -0.2) is 0 Å². The van der Waals surface area contributed by atoms with Gasteiger partial charge in [-0.3, -0.25) is 0 Å². The van der Waals surface area contributed by atoms with Gasteiger partial charge in [-0.1, -0.05) is 62.5 Å². The zero-order valence-corrected chi connectivity index (χ0v) is 14.5. The molecule has 0 aliphatic rings. The van der Waals surface area contributed by atoms with Crippen LogP contribution in [0.2, 0.25) is 0 Å². The third kappa shape index (κ3) is 10.3. The van der Waals surface area contributed by atoms with E-state index in [0.29, 0.717) is 0 Å². The highest BCUT2D eigenvalue weighted by Crippen LogP contribution is 2.20. The van der Waals surface area contributed by atoms with Crippen molar-refractivity contribution >= 4 is 0 Å². The molecule has 0 aromatic carbocycles. The quantitative estimate of drug-likeness (QED) is 0.379. The van der Waals surface area contributed by atoms with E-state index in [1.54, 1.807) is 0 Å². The predicted molar refractivity (Wildman–Crippen MR) is 95.6 cm³/mol. The maximum Gasteiger partial charge on any atom is 0.0790 e. The van der Waals surface area contributed by atoms with Crippen LogP contribution in [0.15, 0.2) is 48.6 Å².